The van der Waals surface area contributed by atoms with E-state index in [2.05, 4.69) is 5.32 Å². The van der Waals surface area contributed by atoms with Gasteiger partial charge in [0.15, 0.2) is 0 Å². The number of carbonyl (C=O) groups is 2. The smallest absolute Gasteiger partial charge is 0.250 e. The SMILES string of the molecule is CC1NC(=O)C(C(C)C)N(c2c(Cl)cccc2Cl)C1=O. The summed E-state index contributed by atoms with van der Waals surface area (Å²) in [5.41, 5.74) is 0.404. The maximum Gasteiger partial charge on any atom is 0.250 e. The van der Waals surface area contributed by atoms with Crippen LogP contribution in [-0.4, -0.2) is 23.9 Å². The highest BCUT2D eigenvalue weighted by molar-refractivity contribution is 6.40. The molecule has 4 nitrogen and oxygen atoms in total. The third-order valence-electron chi connectivity index (χ3n) is 3.32. The summed E-state index contributed by atoms with van der Waals surface area (Å²) in [6.45, 7) is 5.41. The fraction of sp³-hybridized carbons (Fsp3) is 0.429. The lowest BCUT2D eigenvalue weighted by atomic mass is 9.96. The number of hydrogen-bond acceptors (Lipinski definition) is 2. The summed E-state index contributed by atoms with van der Waals surface area (Å²) in [5.74, 6) is -0.458. The Kier molecular flexibility index (Phi) is 4.25. The lowest BCUT2D eigenvalue weighted by molar-refractivity contribution is -0.134. The molecule has 108 valence electrons. The van der Waals surface area contributed by atoms with Crippen molar-refractivity contribution in [3.63, 3.8) is 0 Å². The number of nitrogens with one attached hydrogen (secondary N) is 1. The number of hydrogen-bond donors (Lipinski definition) is 1. The summed E-state index contributed by atoms with van der Waals surface area (Å²) in [5, 5.41) is 3.40. The largest absolute Gasteiger partial charge is 0.343 e. The van der Waals surface area contributed by atoms with E-state index >= 15 is 0 Å². The van der Waals surface area contributed by atoms with Crippen molar-refractivity contribution in [3.05, 3.63) is 28.2 Å². The number of benzene rings is 1. The molecule has 2 rings (SSSR count). The van der Waals surface area contributed by atoms with Crippen molar-refractivity contribution in [3.8, 4) is 0 Å². The number of para-hydroxylation sites is 1. The maximum absolute atomic E-state index is 12.5. The van der Waals surface area contributed by atoms with Gasteiger partial charge < -0.3 is 5.32 Å². The van der Waals surface area contributed by atoms with Gasteiger partial charge in [0.05, 0.1) is 15.7 Å². The van der Waals surface area contributed by atoms with Crippen LogP contribution >= 0.6 is 23.2 Å². The number of nitrogens with zero attached hydrogens (tertiary/aromatic N) is 1. The van der Waals surface area contributed by atoms with Crippen LogP contribution in [0.25, 0.3) is 0 Å². The highest BCUT2D eigenvalue weighted by atomic mass is 35.5. The number of piperazine rings is 1. The predicted molar refractivity (Wildman–Crippen MR) is 80.2 cm³/mol. The van der Waals surface area contributed by atoms with E-state index in [1.807, 2.05) is 13.8 Å². The van der Waals surface area contributed by atoms with Crippen molar-refractivity contribution in [1.82, 2.24) is 5.32 Å². The molecule has 1 saturated heterocycles. The van der Waals surface area contributed by atoms with Crippen LogP contribution in [0.3, 0.4) is 0 Å². The Labute approximate surface area is 128 Å². The van der Waals surface area contributed by atoms with E-state index in [1.165, 1.54) is 4.90 Å². The summed E-state index contributed by atoms with van der Waals surface area (Å²) < 4.78 is 0. The van der Waals surface area contributed by atoms with Crippen molar-refractivity contribution < 1.29 is 9.59 Å². The lowest BCUT2D eigenvalue weighted by Crippen LogP contribution is -2.64. The van der Waals surface area contributed by atoms with Crippen LogP contribution in [0.4, 0.5) is 5.69 Å². The summed E-state index contributed by atoms with van der Waals surface area (Å²) in [6.07, 6.45) is 0. The van der Waals surface area contributed by atoms with Gasteiger partial charge in [-0.15, -0.1) is 0 Å². The van der Waals surface area contributed by atoms with Crippen molar-refractivity contribution in [1.29, 1.82) is 0 Å². The van der Waals surface area contributed by atoms with Crippen molar-refractivity contribution in [2.24, 2.45) is 5.92 Å². The molecule has 2 unspecified atom stereocenters. The quantitative estimate of drug-likeness (QED) is 0.912. The van der Waals surface area contributed by atoms with Gasteiger partial charge in [0, 0.05) is 0 Å². The predicted octanol–water partition coefficient (Wildman–Crippen LogP) is 2.87. The third-order valence-corrected chi connectivity index (χ3v) is 3.93. The Morgan fingerprint density at radius 3 is 2.25 bits per heavy atom. The molecule has 0 saturated carbocycles. The highest BCUT2D eigenvalue weighted by Crippen LogP contribution is 2.37. The second-order valence-electron chi connectivity index (χ2n) is 5.20. The van der Waals surface area contributed by atoms with E-state index in [0.717, 1.165) is 0 Å². The van der Waals surface area contributed by atoms with E-state index in [4.69, 9.17) is 23.2 Å². The Bertz CT molecular complexity index is 540. The average molecular weight is 315 g/mol. The van der Waals surface area contributed by atoms with Crippen molar-refractivity contribution in [2.45, 2.75) is 32.9 Å². The first-order valence-corrected chi connectivity index (χ1v) is 7.17. The topological polar surface area (TPSA) is 49.4 Å². The Balaban J connectivity index is 2.59. The molecule has 1 heterocycles. The number of anilines is 1. The molecule has 0 radical (unpaired) electrons. The fourth-order valence-corrected chi connectivity index (χ4v) is 2.97. The molecular weight excluding hydrogens is 299 g/mol. The molecule has 1 aliphatic rings. The molecule has 1 aromatic rings. The summed E-state index contributed by atoms with van der Waals surface area (Å²) in [4.78, 5) is 26.1. The fourth-order valence-electron chi connectivity index (χ4n) is 2.39. The number of amides is 2. The first-order valence-electron chi connectivity index (χ1n) is 6.42. The minimum Gasteiger partial charge on any atom is -0.343 e. The van der Waals surface area contributed by atoms with Gasteiger partial charge in [0.1, 0.15) is 12.1 Å². The van der Waals surface area contributed by atoms with E-state index < -0.39 is 12.1 Å². The van der Waals surface area contributed by atoms with Crippen LogP contribution in [0.1, 0.15) is 20.8 Å². The van der Waals surface area contributed by atoms with Crippen LogP contribution < -0.4 is 10.2 Å². The zero-order valence-corrected chi connectivity index (χ0v) is 13.0. The van der Waals surface area contributed by atoms with Crippen molar-refractivity contribution >= 4 is 40.7 Å². The standard InChI is InChI=1S/C14H16Cl2N2O2/c1-7(2)11-13(19)17-8(3)14(20)18(11)12-9(15)5-4-6-10(12)16/h4-8,11H,1-3H3,(H,17,19). The van der Waals surface area contributed by atoms with E-state index in [0.29, 0.717) is 15.7 Å². The molecule has 2 atom stereocenters. The van der Waals surface area contributed by atoms with Crippen LogP contribution in [0.2, 0.25) is 10.0 Å². The number of halogens is 2. The normalized spacial score (nSPS) is 23.2. The lowest BCUT2D eigenvalue weighted by Gasteiger charge is -2.40. The highest BCUT2D eigenvalue weighted by Gasteiger charge is 2.42. The minimum atomic E-state index is -0.615. The van der Waals surface area contributed by atoms with Gasteiger partial charge in [0.25, 0.3) is 0 Å². The van der Waals surface area contributed by atoms with Gasteiger partial charge in [-0.05, 0) is 25.0 Å². The zero-order chi connectivity index (χ0) is 15.0. The van der Waals surface area contributed by atoms with Crippen LogP contribution in [0, 0.1) is 5.92 Å². The second-order valence-corrected chi connectivity index (χ2v) is 6.01. The molecule has 1 aliphatic heterocycles. The van der Waals surface area contributed by atoms with E-state index in [1.54, 1.807) is 25.1 Å². The maximum atomic E-state index is 12.5. The average Bonchev–Trinajstić information content (AvgIpc) is 2.34. The Morgan fingerprint density at radius 2 is 1.75 bits per heavy atom. The van der Waals surface area contributed by atoms with Gasteiger partial charge in [0.2, 0.25) is 11.8 Å². The van der Waals surface area contributed by atoms with Crippen LogP contribution in [0.15, 0.2) is 18.2 Å². The molecular formula is C14H16Cl2N2O2. The number of rotatable bonds is 2. The molecule has 20 heavy (non-hydrogen) atoms. The summed E-state index contributed by atoms with van der Waals surface area (Å²) in [7, 11) is 0. The van der Waals surface area contributed by atoms with Gasteiger partial charge in [-0.25, -0.2) is 0 Å². The summed E-state index contributed by atoms with van der Waals surface area (Å²) >= 11 is 12.4. The molecule has 2 amide bonds. The molecule has 1 fully saturated rings. The number of carbonyl (C=O) groups excluding carboxylic acids is 2. The molecule has 0 aromatic heterocycles. The Morgan fingerprint density at radius 1 is 1.20 bits per heavy atom. The van der Waals surface area contributed by atoms with E-state index in [-0.39, 0.29) is 17.7 Å². The van der Waals surface area contributed by atoms with Gasteiger partial charge in [-0.3, -0.25) is 14.5 Å². The summed E-state index contributed by atoms with van der Waals surface area (Å²) in [6, 6.07) is 3.81. The van der Waals surface area contributed by atoms with Crippen LogP contribution in [-0.2, 0) is 9.59 Å². The van der Waals surface area contributed by atoms with Crippen LogP contribution in [0.5, 0.6) is 0 Å². The van der Waals surface area contributed by atoms with Gasteiger partial charge in [-0.2, -0.15) is 0 Å². The second kappa shape index (κ2) is 5.62. The van der Waals surface area contributed by atoms with Gasteiger partial charge in [-0.1, -0.05) is 43.1 Å². The Hall–Kier alpha value is -1.26. The molecule has 1 N–H and O–H groups in total. The molecule has 0 bridgehead atoms. The molecule has 6 heteroatoms. The van der Waals surface area contributed by atoms with Gasteiger partial charge >= 0.3 is 0 Å². The molecule has 0 spiro atoms. The molecule has 1 aromatic carbocycles. The first-order chi connectivity index (χ1) is 9.34. The minimum absolute atomic E-state index is 0.0567. The first kappa shape index (κ1) is 15.1. The zero-order valence-electron chi connectivity index (χ0n) is 11.5. The monoisotopic (exact) mass is 314 g/mol. The molecule has 0 aliphatic carbocycles. The third kappa shape index (κ3) is 2.50. The van der Waals surface area contributed by atoms with E-state index in [9.17, 15) is 9.59 Å². The van der Waals surface area contributed by atoms with Crippen molar-refractivity contribution in [2.75, 3.05) is 4.90 Å².